The fourth-order valence-corrected chi connectivity index (χ4v) is 5.22. The van der Waals surface area contributed by atoms with Crippen LogP contribution in [0.5, 0.6) is 5.75 Å². The lowest BCUT2D eigenvalue weighted by Gasteiger charge is -2.20. The molecule has 1 heterocycles. The van der Waals surface area contributed by atoms with E-state index in [1.54, 1.807) is 17.7 Å². The average molecular weight is 458 g/mol. The molecule has 4 rings (SSSR count). The molecular formula is C24H28FN3O3S. The van der Waals surface area contributed by atoms with Crippen LogP contribution in [0.15, 0.2) is 60.0 Å². The second kappa shape index (κ2) is 9.83. The van der Waals surface area contributed by atoms with Gasteiger partial charge in [0.1, 0.15) is 6.61 Å². The molecule has 1 atom stereocenters. The molecule has 0 amide bonds. The Bertz CT molecular complexity index is 1160. The van der Waals surface area contributed by atoms with Crippen LogP contribution in [-0.2, 0) is 29.9 Å². The number of benzene rings is 2. The van der Waals surface area contributed by atoms with Crippen molar-refractivity contribution in [2.75, 3.05) is 13.2 Å². The predicted molar refractivity (Wildman–Crippen MR) is 121 cm³/mol. The molecule has 0 aliphatic heterocycles. The molecule has 0 spiro atoms. The minimum atomic E-state index is -3.72. The molecular weight excluding hydrogens is 429 g/mol. The van der Waals surface area contributed by atoms with Crippen molar-refractivity contribution in [2.24, 2.45) is 7.05 Å². The largest absolute Gasteiger partial charge is 0.489 e. The lowest BCUT2D eigenvalue weighted by atomic mass is 9.87. The highest BCUT2D eigenvalue weighted by atomic mass is 32.2. The minimum Gasteiger partial charge on any atom is -0.489 e. The summed E-state index contributed by atoms with van der Waals surface area (Å²) in [4.78, 5) is 3.85. The van der Waals surface area contributed by atoms with Crippen LogP contribution in [0.3, 0.4) is 0 Å². The maximum absolute atomic E-state index is 14.7. The van der Waals surface area contributed by atoms with Crippen LogP contribution < -0.4 is 9.46 Å². The summed E-state index contributed by atoms with van der Waals surface area (Å²) in [5.41, 5.74) is 3.45. The van der Waals surface area contributed by atoms with Crippen molar-refractivity contribution in [3.8, 4) is 5.75 Å². The number of nitrogens with one attached hydrogen (secondary N) is 1. The van der Waals surface area contributed by atoms with Crippen LogP contribution in [0.1, 0.15) is 41.9 Å². The Hall–Kier alpha value is -2.71. The Balaban J connectivity index is 1.44. The highest BCUT2D eigenvalue weighted by molar-refractivity contribution is 7.89. The van der Waals surface area contributed by atoms with Gasteiger partial charge >= 0.3 is 0 Å². The second-order valence-electron chi connectivity index (χ2n) is 8.24. The van der Waals surface area contributed by atoms with Gasteiger partial charge in [-0.1, -0.05) is 36.8 Å². The van der Waals surface area contributed by atoms with Crippen LogP contribution in [0.25, 0.3) is 0 Å². The maximum Gasteiger partial charge on any atom is 0.259 e. The van der Waals surface area contributed by atoms with Crippen molar-refractivity contribution in [1.82, 2.24) is 14.3 Å². The lowest BCUT2D eigenvalue weighted by molar-refractivity contribution is 0.305. The predicted octanol–water partition coefficient (Wildman–Crippen LogP) is 3.97. The molecule has 1 aromatic heterocycles. The summed E-state index contributed by atoms with van der Waals surface area (Å²) in [6.07, 6.45) is 7.82. The third-order valence-corrected chi connectivity index (χ3v) is 7.16. The Morgan fingerprint density at radius 1 is 1.22 bits per heavy atom. The molecule has 1 unspecified atom stereocenters. The maximum atomic E-state index is 14.7. The molecule has 1 aliphatic rings. The van der Waals surface area contributed by atoms with Gasteiger partial charge in [0, 0.05) is 19.8 Å². The molecule has 1 aliphatic carbocycles. The van der Waals surface area contributed by atoms with E-state index in [9.17, 15) is 12.8 Å². The number of nitrogens with zero attached hydrogens (tertiary/aromatic N) is 2. The summed E-state index contributed by atoms with van der Waals surface area (Å²) in [5, 5.41) is -0.0556. The normalized spacial score (nSPS) is 16.4. The number of rotatable bonds is 8. The van der Waals surface area contributed by atoms with Gasteiger partial charge in [0.15, 0.2) is 16.6 Å². The molecule has 8 heteroatoms. The number of imidazole rings is 1. The first-order chi connectivity index (χ1) is 15.4. The van der Waals surface area contributed by atoms with Gasteiger partial charge in [-0.25, -0.2) is 22.5 Å². The zero-order valence-electron chi connectivity index (χ0n) is 18.1. The first-order valence-corrected chi connectivity index (χ1v) is 12.4. The van der Waals surface area contributed by atoms with Crippen LogP contribution >= 0.6 is 0 Å². The van der Waals surface area contributed by atoms with Crippen molar-refractivity contribution in [3.63, 3.8) is 0 Å². The van der Waals surface area contributed by atoms with E-state index in [1.165, 1.54) is 18.1 Å². The number of fused-ring (bicyclic) bond motifs is 1. The summed E-state index contributed by atoms with van der Waals surface area (Å²) in [6.45, 7) is 0.0357. The smallest absolute Gasteiger partial charge is 0.259 e. The van der Waals surface area contributed by atoms with Gasteiger partial charge in [-0.2, -0.15) is 0 Å². The summed E-state index contributed by atoms with van der Waals surface area (Å²) in [7, 11) is -2.03. The Morgan fingerprint density at radius 2 is 2.03 bits per heavy atom. The van der Waals surface area contributed by atoms with Crippen LogP contribution in [0.2, 0.25) is 0 Å². The van der Waals surface area contributed by atoms with Crippen LogP contribution in [-0.4, -0.2) is 31.1 Å². The van der Waals surface area contributed by atoms with Gasteiger partial charge in [-0.05, 0) is 60.4 Å². The van der Waals surface area contributed by atoms with Crippen molar-refractivity contribution in [3.05, 3.63) is 77.5 Å². The zero-order valence-corrected chi connectivity index (χ0v) is 18.9. The van der Waals surface area contributed by atoms with Gasteiger partial charge in [-0.15, -0.1) is 0 Å². The molecule has 2 aromatic carbocycles. The summed E-state index contributed by atoms with van der Waals surface area (Å²) >= 11 is 0. The fraction of sp³-hybridized carbons (Fsp3) is 0.375. The number of hydrogen-bond donors (Lipinski definition) is 1. The number of ether oxygens (including phenoxy) is 1. The van der Waals surface area contributed by atoms with Crippen molar-refractivity contribution in [2.45, 2.75) is 43.0 Å². The van der Waals surface area contributed by atoms with Gasteiger partial charge in [0.25, 0.3) is 10.0 Å². The molecule has 0 bridgehead atoms. The number of aromatic nitrogens is 2. The minimum absolute atomic E-state index is 0.0167. The van der Waals surface area contributed by atoms with E-state index in [2.05, 4.69) is 21.8 Å². The van der Waals surface area contributed by atoms with E-state index in [-0.39, 0.29) is 23.9 Å². The van der Waals surface area contributed by atoms with Crippen molar-refractivity contribution < 1.29 is 17.5 Å². The summed E-state index contributed by atoms with van der Waals surface area (Å²) < 4.78 is 48.9. The molecule has 0 saturated carbocycles. The summed E-state index contributed by atoms with van der Waals surface area (Å²) in [6, 6.07) is 13.7. The Morgan fingerprint density at radius 3 is 2.78 bits per heavy atom. The van der Waals surface area contributed by atoms with Crippen molar-refractivity contribution in [1.29, 1.82) is 0 Å². The molecule has 170 valence electrons. The molecule has 32 heavy (non-hydrogen) atoms. The summed E-state index contributed by atoms with van der Waals surface area (Å²) in [5.74, 6) is 0.0675. The molecule has 0 fully saturated rings. The van der Waals surface area contributed by atoms with Crippen LogP contribution in [0, 0.1) is 5.82 Å². The molecule has 0 radical (unpaired) electrons. The third kappa shape index (κ3) is 5.37. The Labute approximate surface area is 188 Å². The SMILES string of the molecule is Cn1cnc(S(=O)(=O)NCCOc2cc3c(cc2F)CCCCC3Cc2ccccc2)c1. The van der Waals surface area contributed by atoms with E-state index in [1.807, 2.05) is 24.3 Å². The van der Waals surface area contributed by atoms with Gasteiger partial charge in [0.05, 0.1) is 6.33 Å². The number of hydrogen-bond acceptors (Lipinski definition) is 4. The number of halogens is 1. The topological polar surface area (TPSA) is 73.2 Å². The standard InChI is InChI=1S/C24H28FN3O3S/c1-28-16-24(26-17-28)32(29,30)27-11-12-31-23-15-21-19(13-18-7-3-2-4-8-18)9-5-6-10-20(21)14-22(23)25/h2-4,7-8,14-17,19,27H,5-6,9-13H2,1H3. The van der Waals surface area contributed by atoms with E-state index in [4.69, 9.17) is 4.74 Å². The van der Waals surface area contributed by atoms with Crippen molar-refractivity contribution >= 4 is 10.0 Å². The monoisotopic (exact) mass is 457 g/mol. The number of aryl methyl sites for hydroxylation is 2. The highest BCUT2D eigenvalue weighted by Gasteiger charge is 2.22. The third-order valence-electron chi connectivity index (χ3n) is 5.82. The fourth-order valence-electron chi connectivity index (χ4n) is 4.23. The van der Waals surface area contributed by atoms with E-state index >= 15 is 0 Å². The lowest BCUT2D eigenvalue weighted by Crippen LogP contribution is -2.28. The van der Waals surface area contributed by atoms with Gasteiger partial charge < -0.3 is 9.30 Å². The Kier molecular flexibility index (Phi) is 6.91. The molecule has 0 saturated heterocycles. The number of sulfonamides is 1. The quantitative estimate of drug-likeness (QED) is 0.410. The van der Waals surface area contributed by atoms with E-state index in [0.29, 0.717) is 5.92 Å². The van der Waals surface area contributed by atoms with Gasteiger partial charge in [-0.3, -0.25) is 0 Å². The first-order valence-electron chi connectivity index (χ1n) is 10.9. The molecule has 1 N–H and O–H groups in total. The highest BCUT2D eigenvalue weighted by Crippen LogP contribution is 2.36. The molecule has 3 aromatic rings. The van der Waals surface area contributed by atoms with E-state index < -0.39 is 15.8 Å². The van der Waals surface area contributed by atoms with E-state index in [0.717, 1.165) is 43.2 Å². The average Bonchev–Trinajstić information content (AvgIpc) is 3.14. The zero-order chi connectivity index (χ0) is 22.6. The second-order valence-corrected chi connectivity index (χ2v) is 9.95. The molecule has 6 nitrogen and oxygen atoms in total. The first kappa shape index (κ1) is 22.5. The van der Waals surface area contributed by atoms with Gasteiger partial charge in [0.2, 0.25) is 0 Å². The van der Waals surface area contributed by atoms with Crippen LogP contribution in [0.4, 0.5) is 4.39 Å².